The molecule has 1 N–H and O–H groups in total. The minimum absolute atomic E-state index is 0.105. The fraction of sp³-hybridized carbons (Fsp3) is 0.182. The van der Waals surface area contributed by atoms with Crippen LogP contribution < -0.4 is 15.5 Å². The van der Waals surface area contributed by atoms with E-state index in [4.69, 9.17) is 0 Å². The van der Waals surface area contributed by atoms with Crippen molar-refractivity contribution in [1.82, 2.24) is 5.43 Å². The first kappa shape index (κ1) is 12.3. The normalized spacial score (nSPS) is 15.3. The van der Waals surface area contributed by atoms with Crippen LogP contribution in [0.3, 0.4) is 0 Å². The number of hydrogen-bond acceptors (Lipinski definition) is 4. The minimum atomic E-state index is -4.50. The Kier molecular flexibility index (Phi) is 2.90. The molecule has 0 radical (unpaired) electrons. The number of benzene rings is 1. The molecule has 0 aromatic heterocycles. The Morgan fingerprint density at radius 2 is 2.00 bits per heavy atom. The van der Waals surface area contributed by atoms with Crippen LogP contribution in [0, 0.1) is 0 Å². The number of nitrogens with zero attached hydrogens (tertiary/aromatic N) is 1. The summed E-state index contributed by atoms with van der Waals surface area (Å²) in [4.78, 5) is 10.6. The third-order valence-electron chi connectivity index (χ3n) is 2.49. The lowest BCUT2D eigenvalue weighted by Gasteiger charge is -2.23. The van der Waals surface area contributed by atoms with E-state index in [2.05, 4.69) is 5.43 Å². The molecule has 2 rings (SSSR count). The van der Waals surface area contributed by atoms with E-state index < -0.39 is 17.7 Å². The predicted molar refractivity (Wildman–Crippen MR) is 55.0 cm³/mol. The van der Waals surface area contributed by atoms with Crippen molar-refractivity contribution in [3.05, 3.63) is 41.6 Å². The molecular weight excluding hydrogens is 249 g/mol. The molecule has 1 aliphatic heterocycles. The number of carboxylic acid groups (broad SMARTS) is 1. The zero-order chi connectivity index (χ0) is 13.3. The van der Waals surface area contributed by atoms with Gasteiger partial charge in [0.05, 0.1) is 23.8 Å². The van der Waals surface area contributed by atoms with Crippen LogP contribution in [-0.4, -0.2) is 12.5 Å². The summed E-state index contributed by atoms with van der Waals surface area (Å²) >= 11 is 0. The number of carbonyl (C=O) groups is 1. The van der Waals surface area contributed by atoms with Crippen LogP contribution in [0.5, 0.6) is 0 Å². The summed E-state index contributed by atoms with van der Waals surface area (Å²) < 4.78 is 38.3. The lowest BCUT2D eigenvalue weighted by Crippen LogP contribution is -2.34. The number of rotatable bonds is 2. The Balaban J connectivity index is 2.29. The first-order chi connectivity index (χ1) is 8.39. The Bertz CT molecular complexity index is 511. The number of carbonyl (C=O) groups excluding carboxylic acids is 1. The van der Waals surface area contributed by atoms with Crippen molar-refractivity contribution < 1.29 is 23.1 Å². The molecule has 0 saturated heterocycles. The summed E-state index contributed by atoms with van der Waals surface area (Å²) in [5, 5.41) is 11.7. The Hall–Kier alpha value is -2.18. The molecule has 1 heterocycles. The van der Waals surface area contributed by atoms with Crippen molar-refractivity contribution in [1.29, 1.82) is 0 Å². The van der Waals surface area contributed by atoms with Crippen LogP contribution in [0.1, 0.15) is 5.56 Å². The molecule has 0 atom stereocenters. The summed E-state index contributed by atoms with van der Waals surface area (Å²) in [6.45, 7) is -0.185. The first-order valence-corrected chi connectivity index (χ1v) is 5.00. The zero-order valence-corrected chi connectivity index (χ0v) is 8.99. The number of halogens is 3. The number of nitrogens with one attached hydrogen (secondary N) is 1. The van der Waals surface area contributed by atoms with Gasteiger partial charge in [-0.25, -0.2) is 0 Å². The molecular formula is C11H8F3N2O2-. The van der Waals surface area contributed by atoms with Gasteiger partial charge in [-0.1, -0.05) is 12.1 Å². The van der Waals surface area contributed by atoms with Gasteiger partial charge in [0.15, 0.2) is 0 Å². The fourth-order valence-electron chi connectivity index (χ4n) is 1.64. The topological polar surface area (TPSA) is 55.4 Å². The Morgan fingerprint density at radius 3 is 2.56 bits per heavy atom. The Morgan fingerprint density at radius 1 is 1.33 bits per heavy atom. The average molecular weight is 257 g/mol. The first-order valence-electron chi connectivity index (χ1n) is 5.00. The summed E-state index contributed by atoms with van der Waals surface area (Å²) in [6, 6.07) is 4.93. The van der Waals surface area contributed by atoms with Crippen molar-refractivity contribution >= 4 is 11.7 Å². The molecule has 1 aliphatic rings. The molecule has 0 spiro atoms. The highest BCUT2D eigenvalue weighted by Gasteiger charge is 2.35. The van der Waals surface area contributed by atoms with Crippen LogP contribution in [0.2, 0.25) is 0 Å². The minimum Gasteiger partial charge on any atom is -0.545 e. The van der Waals surface area contributed by atoms with Crippen molar-refractivity contribution in [3.63, 3.8) is 0 Å². The largest absolute Gasteiger partial charge is 0.545 e. The molecule has 0 amide bonds. The van der Waals surface area contributed by atoms with E-state index in [0.29, 0.717) is 0 Å². The molecule has 0 aliphatic carbocycles. The van der Waals surface area contributed by atoms with Gasteiger partial charge in [0.25, 0.3) is 0 Å². The predicted octanol–water partition coefficient (Wildman–Crippen LogP) is 0.664. The van der Waals surface area contributed by atoms with Crippen molar-refractivity contribution in [3.8, 4) is 0 Å². The number of para-hydroxylation sites is 1. The molecule has 96 valence electrons. The van der Waals surface area contributed by atoms with Gasteiger partial charge in [-0.3, -0.25) is 5.01 Å². The van der Waals surface area contributed by atoms with Crippen molar-refractivity contribution in [2.75, 3.05) is 11.6 Å². The van der Waals surface area contributed by atoms with E-state index in [1.165, 1.54) is 18.2 Å². The molecule has 1 aromatic carbocycles. The smallest absolute Gasteiger partial charge is 0.418 e. The van der Waals surface area contributed by atoms with E-state index in [0.717, 1.165) is 17.3 Å². The van der Waals surface area contributed by atoms with Crippen molar-refractivity contribution in [2.45, 2.75) is 6.18 Å². The number of aliphatic carboxylic acids is 1. The third kappa shape index (κ3) is 2.24. The molecule has 0 bridgehead atoms. The second-order valence-corrected chi connectivity index (χ2v) is 3.69. The second-order valence-electron chi connectivity index (χ2n) is 3.69. The van der Waals surface area contributed by atoms with Gasteiger partial charge in [0.2, 0.25) is 0 Å². The lowest BCUT2D eigenvalue weighted by atomic mass is 10.1. The van der Waals surface area contributed by atoms with Crippen LogP contribution in [0.15, 0.2) is 36.0 Å². The highest BCUT2D eigenvalue weighted by Crippen LogP contribution is 2.36. The fourth-order valence-corrected chi connectivity index (χ4v) is 1.64. The third-order valence-corrected chi connectivity index (χ3v) is 2.49. The number of alkyl halides is 3. The maximum Gasteiger partial charge on any atom is 0.418 e. The van der Waals surface area contributed by atoms with Gasteiger partial charge in [-0.05, 0) is 12.1 Å². The number of anilines is 1. The van der Waals surface area contributed by atoms with E-state index in [1.807, 2.05) is 0 Å². The standard InChI is InChI=1S/C11H9F3N2O2/c12-11(13,14)8-3-1-2-4-9(8)16-6-7(5-15-16)10(17)18/h1-5,15H,6H2,(H,17,18)/p-1. The van der Waals surface area contributed by atoms with Crippen LogP contribution in [0.4, 0.5) is 18.9 Å². The molecule has 4 nitrogen and oxygen atoms in total. The van der Waals surface area contributed by atoms with E-state index in [-0.39, 0.29) is 17.8 Å². The van der Waals surface area contributed by atoms with Gasteiger partial charge in [0.1, 0.15) is 0 Å². The maximum atomic E-state index is 12.8. The second kappa shape index (κ2) is 4.25. The molecule has 0 saturated carbocycles. The molecule has 1 aromatic rings. The van der Waals surface area contributed by atoms with Crippen LogP contribution in [-0.2, 0) is 11.0 Å². The lowest BCUT2D eigenvalue weighted by molar-refractivity contribution is -0.299. The van der Waals surface area contributed by atoms with Gasteiger partial charge < -0.3 is 15.3 Å². The molecule has 0 fully saturated rings. The highest BCUT2D eigenvalue weighted by molar-refractivity contribution is 5.86. The van der Waals surface area contributed by atoms with E-state index >= 15 is 0 Å². The van der Waals surface area contributed by atoms with E-state index in [9.17, 15) is 23.1 Å². The maximum absolute atomic E-state index is 12.8. The summed E-state index contributed by atoms with van der Waals surface area (Å²) in [7, 11) is 0. The highest BCUT2D eigenvalue weighted by atomic mass is 19.4. The van der Waals surface area contributed by atoms with E-state index in [1.54, 1.807) is 0 Å². The SMILES string of the molecule is O=C([O-])C1=CNN(c2ccccc2C(F)(F)F)C1. The van der Waals surface area contributed by atoms with Gasteiger partial charge in [0, 0.05) is 11.8 Å². The summed E-state index contributed by atoms with van der Waals surface area (Å²) in [6.07, 6.45) is -3.38. The van der Waals surface area contributed by atoms with Crippen molar-refractivity contribution in [2.24, 2.45) is 0 Å². The average Bonchev–Trinajstić information content (AvgIpc) is 2.77. The molecule has 0 unspecified atom stereocenters. The Labute approximate surface area is 100 Å². The van der Waals surface area contributed by atoms with Gasteiger partial charge in [-0.15, -0.1) is 0 Å². The summed E-state index contributed by atoms with van der Waals surface area (Å²) in [5.74, 6) is -1.41. The monoisotopic (exact) mass is 257 g/mol. The number of hydrazine groups is 1. The van der Waals surface area contributed by atoms with Gasteiger partial charge in [-0.2, -0.15) is 13.2 Å². The van der Waals surface area contributed by atoms with Crippen LogP contribution in [0.25, 0.3) is 0 Å². The summed E-state index contributed by atoms with van der Waals surface area (Å²) in [5.41, 5.74) is 1.41. The number of hydrogen-bond donors (Lipinski definition) is 1. The molecule has 18 heavy (non-hydrogen) atoms. The zero-order valence-electron chi connectivity index (χ0n) is 8.99. The number of carboxylic acids is 1. The molecule has 7 heteroatoms. The quantitative estimate of drug-likeness (QED) is 0.845. The van der Waals surface area contributed by atoms with Gasteiger partial charge >= 0.3 is 6.18 Å². The van der Waals surface area contributed by atoms with Crippen LogP contribution >= 0.6 is 0 Å².